The Kier molecular flexibility index (Phi) is 7.28. The van der Waals surface area contributed by atoms with E-state index in [1.807, 2.05) is 0 Å². The third kappa shape index (κ3) is 4.88. The van der Waals surface area contributed by atoms with Crippen molar-refractivity contribution in [3.05, 3.63) is 52.2 Å². The van der Waals surface area contributed by atoms with Crippen LogP contribution in [0.25, 0.3) is 11.0 Å². The first kappa shape index (κ1) is 23.9. The minimum atomic E-state index is -4.05. The largest absolute Gasteiger partial charge is 0.483 e. The van der Waals surface area contributed by atoms with Gasteiger partial charge in [-0.3, -0.25) is 4.72 Å². The molecule has 0 spiro atoms. The van der Waals surface area contributed by atoms with E-state index in [0.717, 1.165) is 0 Å². The number of furan rings is 1. The number of anilines is 1. The van der Waals surface area contributed by atoms with E-state index in [-0.39, 0.29) is 45.3 Å². The molecule has 1 aromatic heterocycles. The molecule has 6 nitrogen and oxygen atoms in total. The number of benzene rings is 2. The number of nitrogens with one attached hydrogen (secondary N) is 2. The van der Waals surface area contributed by atoms with Crippen molar-refractivity contribution in [2.45, 2.75) is 30.5 Å². The van der Waals surface area contributed by atoms with Crippen molar-refractivity contribution in [1.82, 2.24) is 5.32 Å². The Morgan fingerprint density at radius 3 is 2.71 bits per heavy atom. The van der Waals surface area contributed by atoms with Gasteiger partial charge in [-0.15, -0.1) is 12.4 Å². The summed E-state index contributed by atoms with van der Waals surface area (Å²) in [6.07, 6.45) is 0.104. The summed E-state index contributed by atoms with van der Waals surface area (Å²) in [7, 11) is -4.05. The molecule has 0 saturated carbocycles. The molecular weight excluding hydrogens is 490 g/mol. The van der Waals surface area contributed by atoms with Crippen LogP contribution >= 0.6 is 35.6 Å². The lowest BCUT2D eigenvalue weighted by molar-refractivity contribution is 0.0736. The standard InChI is InChI=1S/C20H19Cl2FN2O4S.ClH/c1-11-14(21)2-3-15(22)20(11)30(26,27)25-13-8-12-5-7-28-19(12)18(9-13)29-17-4-6-24-10-16(17)23;/h2-3,5,7-9,16-17,24-25H,4,6,10H2,1H3;1H/t16-,17-;/m1./s1. The van der Waals surface area contributed by atoms with Gasteiger partial charge in [-0.2, -0.15) is 0 Å². The second-order valence-corrected chi connectivity index (χ2v) is 9.50. The van der Waals surface area contributed by atoms with Gasteiger partial charge in [0.2, 0.25) is 0 Å². The van der Waals surface area contributed by atoms with Gasteiger partial charge in [0.15, 0.2) is 11.3 Å². The molecule has 2 N–H and O–H groups in total. The summed E-state index contributed by atoms with van der Waals surface area (Å²) in [5.74, 6) is 0.263. The molecule has 31 heavy (non-hydrogen) atoms. The molecule has 4 rings (SSSR count). The normalized spacial score (nSPS) is 19.1. The van der Waals surface area contributed by atoms with E-state index in [9.17, 15) is 12.8 Å². The lowest BCUT2D eigenvalue weighted by Crippen LogP contribution is -2.44. The monoisotopic (exact) mass is 508 g/mol. The van der Waals surface area contributed by atoms with E-state index in [4.69, 9.17) is 32.4 Å². The third-order valence-electron chi connectivity index (χ3n) is 4.96. The van der Waals surface area contributed by atoms with Crippen molar-refractivity contribution in [3.8, 4) is 5.75 Å². The van der Waals surface area contributed by atoms with Crippen molar-refractivity contribution in [3.63, 3.8) is 0 Å². The van der Waals surface area contributed by atoms with Crippen molar-refractivity contribution in [2.24, 2.45) is 0 Å². The smallest absolute Gasteiger partial charge is 0.263 e. The minimum absolute atomic E-state index is 0. The van der Waals surface area contributed by atoms with Gasteiger partial charge in [0.1, 0.15) is 17.2 Å². The number of hydrogen-bond donors (Lipinski definition) is 2. The van der Waals surface area contributed by atoms with Crippen molar-refractivity contribution in [2.75, 3.05) is 17.8 Å². The Hall–Kier alpha value is -1.71. The highest BCUT2D eigenvalue weighted by Gasteiger charge is 2.28. The van der Waals surface area contributed by atoms with Crippen molar-refractivity contribution in [1.29, 1.82) is 0 Å². The SMILES string of the molecule is Cc1c(Cl)ccc(Cl)c1S(=O)(=O)Nc1cc(O[C@@H]2CCNC[C@H]2F)c2occc2c1.Cl. The molecule has 0 amide bonds. The molecular formula is C20H20Cl3FN2O4S. The molecule has 0 aliphatic carbocycles. The van der Waals surface area contributed by atoms with Gasteiger partial charge in [-0.25, -0.2) is 12.8 Å². The number of alkyl halides is 1. The van der Waals surface area contributed by atoms with Gasteiger partial charge in [-0.1, -0.05) is 23.2 Å². The zero-order chi connectivity index (χ0) is 21.5. The van der Waals surface area contributed by atoms with Gasteiger partial charge < -0.3 is 14.5 Å². The molecule has 2 atom stereocenters. The summed E-state index contributed by atoms with van der Waals surface area (Å²) in [6.45, 7) is 2.41. The first-order valence-corrected chi connectivity index (χ1v) is 11.5. The topological polar surface area (TPSA) is 80.6 Å². The van der Waals surface area contributed by atoms with Crippen molar-refractivity contribution >= 4 is 62.3 Å². The first-order chi connectivity index (χ1) is 14.3. The molecule has 1 fully saturated rings. The predicted molar refractivity (Wildman–Crippen MR) is 122 cm³/mol. The van der Waals surface area contributed by atoms with Gasteiger partial charge in [0, 0.05) is 23.0 Å². The number of fused-ring (bicyclic) bond motifs is 1. The van der Waals surface area contributed by atoms with E-state index in [2.05, 4.69) is 10.0 Å². The zero-order valence-electron chi connectivity index (χ0n) is 16.3. The van der Waals surface area contributed by atoms with Crippen LogP contribution < -0.4 is 14.8 Å². The fourth-order valence-electron chi connectivity index (χ4n) is 3.46. The van der Waals surface area contributed by atoms with Gasteiger partial charge in [-0.05, 0) is 49.7 Å². The highest BCUT2D eigenvalue weighted by Crippen LogP contribution is 2.36. The molecule has 2 aromatic carbocycles. The molecule has 168 valence electrons. The van der Waals surface area contributed by atoms with E-state index >= 15 is 0 Å². The Labute approximate surface area is 195 Å². The molecule has 1 aliphatic heterocycles. The first-order valence-electron chi connectivity index (χ1n) is 9.26. The lowest BCUT2D eigenvalue weighted by atomic mass is 10.1. The number of piperidine rings is 1. The zero-order valence-corrected chi connectivity index (χ0v) is 19.5. The van der Waals surface area contributed by atoms with Crippen LogP contribution in [0.1, 0.15) is 12.0 Å². The number of hydrogen-bond acceptors (Lipinski definition) is 5. The maximum Gasteiger partial charge on any atom is 0.263 e. The summed E-state index contributed by atoms with van der Waals surface area (Å²) < 4.78 is 54.2. The summed E-state index contributed by atoms with van der Waals surface area (Å²) >= 11 is 12.2. The Morgan fingerprint density at radius 1 is 1.23 bits per heavy atom. The summed E-state index contributed by atoms with van der Waals surface area (Å²) in [4.78, 5) is -0.103. The molecule has 3 aromatic rings. The van der Waals surface area contributed by atoms with E-state index in [1.54, 1.807) is 19.1 Å². The quantitative estimate of drug-likeness (QED) is 0.485. The second kappa shape index (κ2) is 9.42. The molecule has 11 heteroatoms. The highest BCUT2D eigenvalue weighted by atomic mass is 35.5. The minimum Gasteiger partial charge on any atom is -0.483 e. The molecule has 0 bridgehead atoms. The molecule has 1 saturated heterocycles. The fraction of sp³-hybridized carbons (Fsp3) is 0.300. The van der Waals surface area contributed by atoms with Crippen LogP contribution in [0, 0.1) is 6.92 Å². The Morgan fingerprint density at radius 2 is 1.97 bits per heavy atom. The average molecular weight is 510 g/mol. The molecule has 0 radical (unpaired) electrons. The van der Waals surface area contributed by atoms with Crippen molar-refractivity contribution < 1.29 is 22.0 Å². The van der Waals surface area contributed by atoms with Crippen LogP contribution in [0.15, 0.2) is 45.9 Å². The number of rotatable bonds is 5. The number of sulfonamides is 1. The number of halogens is 4. The summed E-state index contributed by atoms with van der Waals surface area (Å²) in [6, 6.07) is 7.72. The molecule has 0 unspecified atom stereocenters. The van der Waals surface area contributed by atoms with E-state index in [0.29, 0.717) is 29.5 Å². The lowest BCUT2D eigenvalue weighted by Gasteiger charge is -2.27. The van der Waals surface area contributed by atoms with E-state index < -0.39 is 22.3 Å². The summed E-state index contributed by atoms with van der Waals surface area (Å²) in [5, 5.41) is 3.92. The van der Waals surface area contributed by atoms with Crippen LogP contribution in [0.2, 0.25) is 10.0 Å². The maximum absolute atomic E-state index is 14.2. The van der Waals surface area contributed by atoms with E-state index in [1.165, 1.54) is 24.5 Å². The van der Waals surface area contributed by atoms with Crippen LogP contribution in [0.5, 0.6) is 5.75 Å². The maximum atomic E-state index is 14.2. The van der Waals surface area contributed by atoms with Crippen LogP contribution in [-0.4, -0.2) is 33.8 Å². The van der Waals surface area contributed by atoms with Crippen LogP contribution in [-0.2, 0) is 10.0 Å². The van der Waals surface area contributed by atoms with Gasteiger partial charge in [0.25, 0.3) is 10.0 Å². The highest BCUT2D eigenvalue weighted by molar-refractivity contribution is 7.93. The molecule has 2 heterocycles. The van der Waals surface area contributed by atoms with Gasteiger partial charge in [0.05, 0.1) is 17.0 Å². The second-order valence-electron chi connectivity index (χ2n) is 7.07. The summed E-state index contributed by atoms with van der Waals surface area (Å²) in [5.41, 5.74) is 0.992. The van der Waals surface area contributed by atoms with Crippen LogP contribution in [0.4, 0.5) is 10.1 Å². The predicted octanol–water partition coefficient (Wildman–Crippen LogP) is 5.35. The fourth-order valence-corrected chi connectivity index (χ4v) is 5.55. The molecule has 1 aliphatic rings. The Bertz CT molecular complexity index is 1200. The van der Waals surface area contributed by atoms with Gasteiger partial charge >= 0.3 is 0 Å². The van der Waals surface area contributed by atoms with Crippen LogP contribution in [0.3, 0.4) is 0 Å². The third-order valence-corrected chi connectivity index (χ3v) is 7.36. The average Bonchev–Trinajstić information content (AvgIpc) is 3.15. The Balaban J connectivity index is 0.00000272. The number of ether oxygens (including phenoxy) is 1.